The van der Waals surface area contributed by atoms with Gasteiger partial charge in [0.1, 0.15) is 11.8 Å². The van der Waals surface area contributed by atoms with E-state index >= 15 is 0 Å². The van der Waals surface area contributed by atoms with Gasteiger partial charge < -0.3 is 18.6 Å². The molecule has 0 N–H and O–H groups in total. The molecule has 3 aromatic rings. The van der Waals surface area contributed by atoms with Crippen molar-refractivity contribution < 1.29 is 23.4 Å². The predicted octanol–water partition coefficient (Wildman–Crippen LogP) is 2.80. The lowest BCUT2D eigenvalue weighted by Crippen LogP contribution is -2.40. The lowest BCUT2D eigenvalue weighted by Gasteiger charge is -2.26. The SMILES string of the molecule is CCCOc1c(OC)cccc1C1C(C(=O)OC)=C(C)N=c2sc(=Cc3ccco3)c(=O)n21. The zero-order valence-corrected chi connectivity index (χ0v) is 19.6. The van der Waals surface area contributed by atoms with Crippen molar-refractivity contribution in [2.45, 2.75) is 26.3 Å². The minimum absolute atomic E-state index is 0.268. The van der Waals surface area contributed by atoms with Crippen molar-refractivity contribution in [3.8, 4) is 11.5 Å². The van der Waals surface area contributed by atoms with Crippen LogP contribution < -0.4 is 24.4 Å². The molecule has 0 saturated heterocycles. The summed E-state index contributed by atoms with van der Waals surface area (Å²) < 4.78 is 24.0. The first-order valence-corrected chi connectivity index (χ1v) is 11.3. The lowest BCUT2D eigenvalue weighted by atomic mass is 9.94. The van der Waals surface area contributed by atoms with Gasteiger partial charge in [0, 0.05) is 11.6 Å². The van der Waals surface area contributed by atoms with Crippen LogP contribution in [0.4, 0.5) is 0 Å². The molecule has 33 heavy (non-hydrogen) atoms. The Morgan fingerprint density at radius 1 is 1.27 bits per heavy atom. The van der Waals surface area contributed by atoms with Crippen LogP contribution in [0, 0.1) is 0 Å². The molecule has 172 valence electrons. The monoisotopic (exact) mass is 468 g/mol. The molecule has 0 radical (unpaired) electrons. The van der Waals surface area contributed by atoms with E-state index < -0.39 is 12.0 Å². The molecule has 0 amide bonds. The number of esters is 1. The van der Waals surface area contributed by atoms with Crippen molar-refractivity contribution in [1.82, 2.24) is 4.57 Å². The number of thiazole rings is 1. The van der Waals surface area contributed by atoms with E-state index in [0.717, 1.165) is 6.42 Å². The van der Waals surface area contributed by atoms with Crippen LogP contribution in [0.25, 0.3) is 6.08 Å². The number of benzene rings is 1. The van der Waals surface area contributed by atoms with Crippen molar-refractivity contribution in [2.24, 2.45) is 4.99 Å². The average molecular weight is 469 g/mol. The summed E-state index contributed by atoms with van der Waals surface area (Å²) in [6, 6.07) is 8.12. The molecule has 9 heteroatoms. The van der Waals surface area contributed by atoms with Gasteiger partial charge in [-0.3, -0.25) is 9.36 Å². The highest BCUT2D eigenvalue weighted by molar-refractivity contribution is 7.07. The Kier molecular flexibility index (Phi) is 6.50. The molecule has 3 heterocycles. The molecular formula is C24H24N2O6S. The molecule has 1 atom stereocenters. The van der Waals surface area contributed by atoms with Crippen molar-refractivity contribution in [2.75, 3.05) is 20.8 Å². The van der Waals surface area contributed by atoms with Crippen molar-refractivity contribution >= 4 is 23.4 Å². The van der Waals surface area contributed by atoms with Crippen molar-refractivity contribution in [3.05, 3.63) is 78.9 Å². The van der Waals surface area contributed by atoms with E-state index in [1.165, 1.54) is 23.0 Å². The molecule has 1 aliphatic rings. The summed E-state index contributed by atoms with van der Waals surface area (Å²) >= 11 is 1.23. The van der Waals surface area contributed by atoms with Crippen molar-refractivity contribution in [3.63, 3.8) is 0 Å². The van der Waals surface area contributed by atoms with Crippen molar-refractivity contribution in [1.29, 1.82) is 0 Å². The zero-order valence-electron chi connectivity index (χ0n) is 18.8. The van der Waals surface area contributed by atoms with Gasteiger partial charge in [-0.25, -0.2) is 9.79 Å². The minimum atomic E-state index is -0.797. The van der Waals surface area contributed by atoms with E-state index in [1.54, 1.807) is 50.6 Å². The topological polar surface area (TPSA) is 92.3 Å². The number of furan rings is 1. The number of allylic oxidation sites excluding steroid dienone is 1. The van der Waals surface area contributed by atoms with Crippen LogP contribution in [0.1, 0.15) is 37.6 Å². The number of carbonyl (C=O) groups excluding carboxylic acids is 1. The quantitative estimate of drug-likeness (QED) is 0.495. The minimum Gasteiger partial charge on any atom is -0.493 e. The second-order valence-electron chi connectivity index (χ2n) is 7.32. The van der Waals surface area contributed by atoms with Gasteiger partial charge in [-0.05, 0) is 31.5 Å². The number of rotatable bonds is 7. The third kappa shape index (κ3) is 4.11. The second kappa shape index (κ2) is 9.50. The maximum Gasteiger partial charge on any atom is 0.338 e. The standard InChI is InChI=1S/C24H24N2O6S/c1-5-11-32-21-16(9-6-10-17(21)29-3)20-19(23(28)30-4)14(2)25-24-26(20)22(27)18(33-24)13-15-8-7-12-31-15/h6-10,12-13,20H,5,11H2,1-4H3. The van der Waals surface area contributed by atoms with E-state index in [-0.39, 0.29) is 11.1 Å². The fourth-order valence-corrected chi connectivity index (χ4v) is 4.78. The molecule has 2 aromatic heterocycles. The van der Waals surface area contributed by atoms with Crippen LogP contribution in [0.15, 0.2) is 62.1 Å². The Morgan fingerprint density at radius 2 is 2.09 bits per heavy atom. The number of nitrogens with zero attached hydrogens (tertiary/aromatic N) is 2. The van der Waals surface area contributed by atoms with Gasteiger partial charge >= 0.3 is 5.97 Å². The first-order chi connectivity index (χ1) is 16.0. The van der Waals surface area contributed by atoms with Gasteiger partial charge in [-0.1, -0.05) is 30.4 Å². The molecule has 0 saturated carbocycles. The Bertz CT molecular complexity index is 1380. The first kappa shape index (κ1) is 22.6. The Balaban J connectivity index is 2.02. The lowest BCUT2D eigenvalue weighted by molar-refractivity contribution is -0.136. The summed E-state index contributed by atoms with van der Waals surface area (Å²) in [4.78, 5) is 31.5. The Morgan fingerprint density at radius 3 is 2.76 bits per heavy atom. The van der Waals surface area contributed by atoms with Gasteiger partial charge in [0.25, 0.3) is 5.56 Å². The highest BCUT2D eigenvalue weighted by atomic mass is 32.1. The third-order valence-corrected chi connectivity index (χ3v) is 6.20. The largest absolute Gasteiger partial charge is 0.493 e. The highest BCUT2D eigenvalue weighted by Gasteiger charge is 2.35. The van der Waals surface area contributed by atoms with Crippen LogP contribution in [0.5, 0.6) is 11.5 Å². The normalized spacial score (nSPS) is 15.8. The van der Waals surface area contributed by atoms with Crippen LogP contribution in [0.3, 0.4) is 0 Å². The number of fused-ring (bicyclic) bond motifs is 1. The summed E-state index contributed by atoms with van der Waals surface area (Å²) in [5.41, 5.74) is 1.06. The number of methoxy groups -OCH3 is 2. The fraction of sp³-hybridized carbons (Fsp3) is 0.292. The van der Waals surface area contributed by atoms with Gasteiger partial charge in [0.05, 0.1) is 42.9 Å². The predicted molar refractivity (Wildman–Crippen MR) is 123 cm³/mol. The van der Waals surface area contributed by atoms with Gasteiger partial charge in [-0.15, -0.1) is 0 Å². The molecule has 0 fully saturated rings. The van der Waals surface area contributed by atoms with Gasteiger partial charge in [0.2, 0.25) is 0 Å². The highest BCUT2D eigenvalue weighted by Crippen LogP contribution is 2.40. The maximum absolute atomic E-state index is 13.6. The van der Waals surface area contributed by atoms with Crippen LogP contribution in [-0.2, 0) is 9.53 Å². The molecule has 0 bridgehead atoms. The summed E-state index contributed by atoms with van der Waals surface area (Å²) in [7, 11) is 2.86. The zero-order chi connectivity index (χ0) is 23.5. The summed E-state index contributed by atoms with van der Waals surface area (Å²) in [6.07, 6.45) is 3.99. The summed E-state index contributed by atoms with van der Waals surface area (Å²) in [5, 5.41) is 0. The molecule has 1 aromatic carbocycles. The van der Waals surface area contributed by atoms with Crippen LogP contribution in [-0.4, -0.2) is 31.4 Å². The average Bonchev–Trinajstić information content (AvgIpc) is 3.44. The molecule has 0 aliphatic carbocycles. The summed E-state index contributed by atoms with van der Waals surface area (Å²) in [5.74, 6) is 0.973. The molecule has 4 rings (SSSR count). The van der Waals surface area contributed by atoms with E-state index in [2.05, 4.69) is 4.99 Å². The van der Waals surface area contributed by atoms with Crippen LogP contribution >= 0.6 is 11.3 Å². The first-order valence-electron chi connectivity index (χ1n) is 10.4. The van der Waals surface area contributed by atoms with Gasteiger partial charge in [0.15, 0.2) is 16.3 Å². The van der Waals surface area contributed by atoms with E-state index in [1.807, 2.05) is 13.0 Å². The van der Waals surface area contributed by atoms with E-state index in [4.69, 9.17) is 18.6 Å². The third-order valence-electron chi connectivity index (χ3n) is 5.22. The molecule has 8 nitrogen and oxygen atoms in total. The van der Waals surface area contributed by atoms with E-state index in [9.17, 15) is 9.59 Å². The molecule has 0 spiro atoms. The maximum atomic E-state index is 13.6. The number of ether oxygens (including phenoxy) is 3. The molecular weight excluding hydrogens is 444 g/mol. The summed E-state index contributed by atoms with van der Waals surface area (Å²) in [6.45, 7) is 4.18. The van der Waals surface area contributed by atoms with Gasteiger partial charge in [-0.2, -0.15) is 0 Å². The number of aromatic nitrogens is 1. The number of hydrogen-bond donors (Lipinski definition) is 0. The Labute approximate surface area is 194 Å². The van der Waals surface area contributed by atoms with E-state index in [0.29, 0.717) is 44.5 Å². The second-order valence-corrected chi connectivity index (χ2v) is 8.32. The van der Waals surface area contributed by atoms with Crippen LogP contribution in [0.2, 0.25) is 0 Å². The Hall–Kier alpha value is -3.59. The number of carbonyl (C=O) groups is 1. The molecule has 1 unspecified atom stereocenters. The molecule has 1 aliphatic heterocycles. The fourth-order valence-electron chi connectivity index (χ4n) is 3.76. The number of para-hydroxylation sites is 1. The smallest absolute Gasteiger partial charge is 0.338 e. The number of hydrogen-bond acceptors (Lipinski definition) is 8.